The van der Waals surface area contributed by atoms with E-state index in [0.29, 0.717) is 6.61 Å². The Bertz CT molecular complexity index is 201. The fourth-order valence-corrected chi connectivity index (χ4v) is 1.36. The highest BCUT2D eigenvalue weighted by Gasteiger charge is 2.12. The molecule has 0 bridgehead atoms. The zero-order valence-electron chi connectivity index (χ0n) is 8.87. The van der Waals surface area contributed by atoms with Gasteiger partial charge in [-0.2, -0.15) is 0 Å². The van der Waals surface area contributed by atoms with E-state index in [0.717, 1.165) is 38.6 Å². The lowest BCUT2D eigenvalue weighted by Crippen LogP contribution is -2.27. The average Bonchev–Trinajstić information content (AvgIpc) is 2.46. The van der Waals surface area contributed by atoms with Gasteiger partial charge in [-0.15, -0.1) is 0 Å². The molecule has 14 heavy (non-hydrogen) atoms. The minimum atomic E-state index is -0.198. The van der Waals surface area contributed by atoms with E-state index in [4.69, 9.17) is 4.74 Å². The van der Waals surface area contributed by atoms with Gasteiger partial charge in [0.1, 0.15) is 0 Å². The molecule has 1 aliphatic rings. The first kappa shape index (κ1) is 11.1. The standard InChI is InChI=1S/C11H19NO2/c1-2-3-10-14-11(13)12-8-6-4-5-7-9-12/h6,8H,2-5,7,9-10H2,1H3. The smallest absolute Gasteiger partial charge is 0.413 e. The molecule has 0 aromatic heterocycles. The molecule has 1 aliphatic heterocycles. The number of nitrogens with zero attached hydrogens (tertiary/aromatic N) is 1. The topological polar surface area (TPSA) is 29.5 Å². The minimum Gasteiger partial charge on any atom is -0.449 e. The van der Waals surface area contributed by atoms with Gasteiger partial charge in [0.25, 0.3) is 0 Å². The molecule has 0 aromatic carbocycles. The third-order valence-corrected chi connectivity index (χ3v) is 2.26. The number of carbonyl (C=O) groups excluding carboxylic acids is 1. The van der Waals surface area contributed by atoms with Crippen LogP contribution in [0.25, 0.3) is 0 Å². The van der Waals surface area contributed by atoms with Crippen LogP contribution in [0, 0.1) is 0 Å². The summed E-state index contributed by atoms with van der Waals surface area (Å²) in [5, 5.41) is 0. The SMILES string of the molecule is CCCCOC(=O)N1C=CCCCC1. The molecular formula is C11H19NO2. The number of rotatable bonds is 3. The second kappa shape index (κ2) is 6.46. The molecule has 0 N–H and O–H groups in total. The quantitative estimate of drug-likeness (QED) is 0.651. The number of allylic oxidation sites excluding steroid dienone is 1. The Morgan fingerprint density at radius 2 is 2.36 bits per heavy atom. The average molecular weight is 197 g/mol. The highest BCUT2D eigenvalue weighted by atomic mass is 16.6. The molecule has 1 heterocycles. The zero-order valence-corrected chi connectivity index (χ0v) is 8.87. The molecule has 1 rings (SSSR count). The van der Waals surface area contributed by atoms with Crippen molar-refractivity contribution in [2.75, 3.05) is 13.2 Å². The number of unbranched alkanes of at least 4 members (excludes halogenated alkanes) is 1. The maximum absolute atomic E-state index is 11.5. The van der Waals surface area contributed by atoms with Gasteiger partial charge in [-0.25, -0.2) is 4.79 Å². The number of ether oxygens (including phenoxy) is 1. The Balaban J connectivity index is 2.27. The van der Waals surface area contributed by atoms with Crippen LogP contribution >= 0.6 is 0 Å². The normalized spacial score (nSPS) is 16.5. The van der Waals surface area contributed by atoms with Crippen LogP contribution in [0.1, 0.15) is 39.0 Å². The largest absolute Gasteiger partial charge is 0.449 e. The first-order chi connectivity index (χ1) is 6.84. The summed E-state index contributed by atoms with van der Waals surface area (Å²) in [6.07, 6.45) is 8.99. The molecule has 0 unspecified atom stereocenters. The first-order valence-corrected chi connectivity index (χ1v) is 5.44. The van der Waals surface area contributed by atoms with Gasteiger partial charge in [0.15, 0.2) is 0 Å². The molecule has 0 fully saturated rings. The Kier molecular flexibility index (Phi) is 5.12. The predicted octanol–water partition coefficient (Wildman–Crippen LogP) is 2.92. The van der Waals surface area contributed by atoms with E-state index in [1.165, 1.54) is 0 Å². The van der Waals surface area contributed by atoms with Crippen LogP contribution in [0.15, 0.2) is 12.3 Å². The van der Waals surface area contributed by atoms with Crippen molar-refractivity contribution in [1.29, 1.82) is 0 Å². The van der Waals surface area contributed by atoms with Crippen LogP contribution in [0.4, 0.5) is 4.79 Å². The number of amides is 1. The molecule has 0 saturated carbocycles. The van der Waals surface area contributed by atoms with Crippen molar-refractivity contribution in [1.82, 2.24) is 4.90 Å². The van der Waals surface area contributed by atoms with E-state index in [-0.39, 0.29) is 6.09 Å². The van der Waals surface area contributed by atoms with Crippen molar-refractivity contribution < 1.29 is 9.53 Å². The zero-order chi connectivity index (χ0) is 10.2. The van der Waals surface area contributed by atoms with E-state index in [1.807, 2.05) is 12.3 Å². The Morgan fingerprint density at radius 1 is 1.50 bits per heavy atom. The monoisotopic (exact) mass is 197 g/mol. The van der Waals surface area contributed by atoms with Gasteiger partial charge in [-0.3, -0.25) is 4.90 Å². The van der Waals surface area contributed by atoms with Gasteiger partial charge in [0.05, 0.1) is 6.61 Å². The summed E-state index contributed by atoms with van der Waals surface area (Å²) in [7, 11) is 0. The van der Waals surface area contributed by atoms with E-state index >= 15 is 0 Å². The molecule has 0 aromatic rings. The van der Waals surface area contributed by atoms with Crippen LogP contribution in [0.5, 0.6) is 0 Å². The molecular weight excluding hydrogens is 178 g/mol. The summed E-state index contributed by atoms with van der Waals surface area (Å²) < 4.78 is 5.11. The summed E-state index contributed by atoms with van der Waals surface area (Å²) in [5.74, 6) is 0. The molecule has 0 saturated heterocycles. The second-order valence-corrected chi connectivity index (χ2v) is 3.54. The fraction of sp³-hybridized carbons (Fsp3) is 0.727. The molecule has 0 aliphatic carbocycles. The lowest BCUT2D eigenvalue weighted by Gasteiger charge is -2.16. The summed E-state index contributed by atoms with van der Waals surface area (Å²) in [5.41, 5.74) is 0. The Morgan fingerprint density at radius 3 is 3.14 bits per heavy atom. The molecule has 3 heteroatoms. The van der Waals surface area contributed by atoms with E-state index in [9.17, 15) is 4.79 Å². The van der Waals surface area contributed by atoms with Crippen molar-refractivity contribution in [3.8, 4) is 0 Å². The third-order valence-electron chi connectivity index (χ3n) is 2.26. The highest BCUT2D eigenvalue weighted by Crippen LogP contribution is 2.08. The van der Waals surface area contributed by atoms with Crippen LogP contribution in [-0.2, 0) is 4.74 Å². The summed E-state index contributed by atoms with van der Waals surface area (Å²) in [4.78, 5) is 13.1. The maximum Gasteiger partial charge on any atom is 0.413 e. The van der Waals surface area contributed by atoms with Crippen molar-refractivity contribution in [3.05, 3.63) is 12.3 Å². The van der Waals surface area contributed by atoms with Gasteiger partial charge in [0, 0.05) is 12.7 Å². The van der Waals surface area contributed by atoms with Crippen LogP contribution in [-0.4, -0.2) is 24.1 Å². The van der Waals surface area contributed by atoms with Crippen LogP contribution in [0.3, 0.4) is 0 Å². The number of hydrogen-bond acceptors (Lipinski definition) is 2. The van der Waals surface area contributed by atoms with E-state index in [2.05, 4.69) is 6.92 Å². The minimum absolute atomic E-state index is 0.198. The van der Waals surface area contributed by atoms with Crippen molar-refractivity contribution in [2.24, 2.45) is 0 Å². The van der Waals surface area contributed by atoms with Gasteiger partial charge >= 0.3 is 6.09 Å². The van der Waals surface area contributed by atoms with Gasteiger partial charge < -0.3 is 4.74 Å². The lowest BCUT2D eigenvalue weighted by atomic mass is 10.2. The maximum atomic E-state index is 11.5. The van der Waals surface area contributed by atoms with Crippen molar-refractivity contribution in [2.45, 2.75) is 39.0 Å². The van der Waals surface area contributed by atoms with Gasteiger partial charge in [-0.1, -0.05) is 19.4 Å². The Labute approximate surface area is 85.7 Å². The van der Waals surface area contributed by atoms with Gasteiger partial charge in [-0.05, 0) is 25.7 Å². The summed E-state index contributed by atoms with van der Waals surface area (Å²) in [6.45, 7) is 3.42. The molecule has 3 nitrogen and oxygen atoms in total. The number of hydrogen-bond donors (Lipinski definition) is 0. The molecule has 1 amide bonds. The van der Waals surface area contributed by atoms with Crippen molar-refractivity contribution >= 4 is 6.09 Å². The molecule has 80 valence electrons. The molecule has 0 spiro atoms. The third kappa shape index (κ3) is 3.81. The number of carbonyl (C=O) groups is 1. The summed E-state index contributed by atoms with van der Waals surface area (Å²) in [6, 6.07) is 0. The first-order valence-electron chi connectivity index (χ1n) is 5.44. The predicted molar refractivity (Wildman–Crippen MR) is 56.0 cm³/mol. The lowest BCUT2D eigenvalue weighted by molar-refractivity contribution is 0.115. The van der Waals surface area contributed by atoms with E-state index in [1.54, 1.807) is 4.90 Å². The van der Waals surface area contributed by atoms with Crippen molar-refractivity contribution in [3.63, 3.8) is 0 Å². The molecule has 0 atom stereocenters. The van der Waals surface area contributed by atoms with E-state index < -0.39 is 0 Å². The highest BCUT2D eigenvalue weighted by molar-refractivity contribution is 5.68. The second-order valence-electron chi connectivity index (χ2n) is 3.54. The van der Waals surface area contributed by atoms with Crippen LogP contribution < -0.4 is 0 Å². The van der Waals surface area contributed by atoms with Gasteiger partial charge in [0.2, 0.25) is 0 Å². The summed E-state index contributed by atoms with van der Waals surface area (Å²) >= 11 is 0. The van der Waals surface area contributed by atoms with Crippen LogP contribution in [0.2, 0.25) is 0 Å². The Hall–Kier alpha value is -0.990. The fourth-order valence-electron chi connectivity index (χ4n) is 1.36. The molecule has 0 radical (unpaired) electrons.